The fourth-order valence-electron chi connectivity index (χ4n) is 4.28. The number of aromatic nitrogens is 1. The number of carbonyl (C=O) groups is 1. The molecule has 3 aromatic rings. The number of esters is 1. The van der Waals surface area contributed by atoms with Gasteiger partial charge in [0, 0.05) is 29.7 Å². The van der Waals surface area contributed by atoms with Gasteiger partial charge in [-0.3, -0.25) is 4.79 Å². The number of hydrogen-bond acceptors (Lipinski definition) is 4. The summed E-state index contributed by atoms with van der Waals surface area (Å²) in [6.45, 7) is 0. The average molecular weight is 427 g/mol. The number of benzene rings is 2. The minimum absolute atomic E-state index is 0.132. The Morgan fingerprint density at radius 2 is 1.73 bits per heavy atom. The van der Waals surface area contributed by atoms with Crippen molar-refractivity contribution in [2.45, 2.75) is 36.6 Å². The van der Waals surface area contributed by atoms with Crippen LogP contribution in [0, 0.1) is 5.92 Å². The molecule has 6 nitrogen and oxygen atoms in total. The molecule has 1 saturated carbocycles. The van der Waals surface area contributed by atoms with E-state index in [-0.39, 0.29) is 22.8 Å². The summed E-state index contributed by atoms with van der Waals surface area (Å²) in [5, 5.41) is 0.883. The van der Waals surface area contributed by atoms with Crippen LogP contribution in [-0.2, 0) is 26.6 Å². The molecule has 0 aliphatic heterocycles. The lowest BCUT2D eigenvalue weighted by atomic mass is 9.86. The van der Waals surface area contributed by atoms with Crippen LogP contribution in [0.3, 0.4) is 0 Å². The molecule has 0 atom stereocenters. The molecule has 1 heterocycles. The fourth-order valence-corrected chi connectivity index (χ4v) is 5.62. The van der Waals surface area contributed by atoms with E-state index in [4.69, 9.17) is 4.74 Å². The van der Waals surface area contributed by atoms with E-state index in [0.717, 1.165) is 22.2 Å². The Morgan fingerprint density at radius 1 is 1.03 bits per heavy atom. The number of methoxy groups -OCH3 is 1. The van der Waals surface area contributed by atoms with Gasteiger partial charge in [0.15, 0.2) is 0 Å². The van der Waals surface area contributed by atoms with Gasteiger partial charge < -0.3 is 9.30 Å². The second-order valence-electron chi connectivity index (χ2n) is 7.87. The van der Waals surface area contributed by atoms with Gasteiger partial charge in [-0.25, -0.2) is 13.1 Å². The largest absolute Gasteiger partial charge is 0.469 e. The number of nitrogens with one attached hydrogen (secondary N) is 1. The number of nitrogens with zero attached hydrogens (tertiary/aromatic N) is 1. The number of hydrogen-bond donors (Lipinski definition) is 1. The highest BCUT2D eigenvalue weighted by molar-refractivity contribution is 7.89. The molecule has 1 N–H and O–H groups in total. The number of ether oxygens (including phenoxy) is 1. The molecule has 1 aromatic heterocycles. The number of aryl methyl sites for hydroxylation is 1. The number of carbonyl (C=O) groups excluding carboxylic acids is 1. The van der Waals surface area contributed by atoms with Gasteiger partial charge >= 0.3 is 5.97 Å². The first-order valence-corrected chi connectivity index (χ1v) is 11.6. The molecule has 0 bridgehead atoms. The zero-order valence-electron chi connectivity index (χ0n) is 17.2. The molecule has 0 amide bonds. The summed E-state index contributed by atoms with van der Waals surface area (Å²) in [5.41, 5.74) is 3.10. The minimum atomic E-state index is -3.64. The van der Waals surface area contributed by atoms with Gasteiger partial charge in [0.2, 0.25) is 10.0 Å². The van der Waals surface area contributed by atoms with Gasteiger partial charge in [-0.2, -0.15) is 0 Å². The van der Waals surface area contributed by atoms with Crippen molar-refractivity contribution in [2.24, 2.45) is 13.0 Å². The monoisotopic (exact) mass is 426 g/mol. The van der Waals surface area contributed by atoms with E-state index >= 15 is 0 Å². The van der Waals surface area contributed by atoms with Crippen molar-refractivity contribution >= 4 is 26.9 Å². The van der Waals surface area contributed by atoms with Crippen molar-refractivity contribution in [1.82, 2.24) is 9.29 Å². The van der Waals surface area contributed by atoms with Gasteiger partial charge in [0.25, 0.3) is 0 Å². The third-order valence-electron chi connectivity index (χ3n) is 5.98. The van der Waals surface area contributed by atoms with Crippen LogP contribution >= 0.6 is 0 Å². The molecule has 7 heteroatoms. The van der Waals surface area contributed by atoms with Crippen molar-refractivity contribution in [3.63, 3.8) is 0 Å². The summed E-state index contributed by atoms with van der Waals surface area (Å²) < 4.78 is 35.6. The summed E-state index contributed by atoms with van der Waals surface area (Å²) in [6, 6.07) is 17.1. The van der Waals surface area contributed by atoms with Gasteiger partial charge in [-0.15, -0.1) is 0 Å². The third-order valence-corrected chi connectivity index (χ3v) is 7.50. The Morgan fingerprint density at radius 3 is 2.40 bits per heavy atom. The molecule has 0 spiro atoms. The van der Waals surface area contributed by atoms with Gasteiger partial charge in [0.1, 0.15) is 0 Å². The maximum Gasteiger partial charge on any atom is 0.308 e. The van der Waals surface area contributed by atoms with Crippen molar-refractivity contribution in [2.75, 3.05) is 7.11 Å². The van der Waals surface area contributed by atoms with E-state index in [2.05, 4.69) is 9.29 Å². The number of sulfonamides is 1. The predicted molar refractivity (Wildman–Crippen MR) is 116 cm³/mol. The van der Waals surface area contributed by atoms with E-state index < -0.39 is 10.0 Å². The lowest BCUT2D eigenvalue weighted by Crippen LogP contribution is -2.38. The topological polar surface area (TPSA) is 77.4 Å². The molecular formula is C23H26N2O4S. The fraction of sp³-hybridized carbons (Fsp3) is 0.348. The maximum absolute atomic E-state index is 13.0. The Hall–Kier alpha value is -2.64. The predicted octanol–water partition coefficient (Wildman–Crippen LogP) is 3.86. The first-order chi connectivity index (χ1) is 14.4. The van der Waals surface area contributed by atoms with Crippen molar-refractivity contribution in [3.8, 4) is 11.3 Å². The van der Waals surface area contributed by atoms with E-state index in [1.807, 2.05) is 49.5 Å². The molecule has 30 heavy (non-hydrogen) atoms. The highest BCUT2D eigenvalue weighted by Gasteiger charge is 2.29. The molecule has 158 valence electrons. The first-order valence-electron chi connectivity index (χ1n) is 10.1. The van der Waals surface area contributed by atoms with E-state index in [9.17, 15) is 13.2 Å². The van der Waals surface area contributed by atoms with Crippen molar-refractivity contribution in [1.29, 1.82) is 0 Å². The summed E-state index contributed by atoms with van der Waals surface area (Å²) in [7, 11) is -0.266. The van der Waals surface area contributed by atoms with Crippen molar-refractivity contribution in [3.05, 3.63) is 54.6 Å². The van der Waals surface area contributed by atoms with Crippen LogP contribution in [0.15, 0.2) is 59.5 Å². The van der Waals surface area contributed by atoms with Crippen LogP contribution in [0.25, 0.3) is 22.2 Å². The minimum Gasteiger partial charge on any atom is -0.469 e. The van der Waals surface area contributed by atoms with Crippen LogP contribution < -0.4 is 4.72 Å². The SMILES string of the molecule is COC(=O)C1CCC(NS(=O)(=O)c2ccc3c(c2)cc(-c2ccccc2)n3C)CC1. The Bertz CT molecular complexity index is 1160. The van der Waals surface area contributed by atoms with Crippen LogP contribution in [0.1, 0.15) is 25.7 Å². The second-order valence-corrected chi connectivity index (χ2v) is 9.58. The number of rotatable bonds is 5. The third kappa shape index (κ3) is 4.00. The Balaban J connectivity index is 1.55. The molecule has 0 radical (unpaired) electrons. The zero-order valence-corrected chi connectivity index (χ0v) is 18.0. The number of fused-ring (bicyclic) bond motifs is 1. The highest BCUT2D eigenvalue weighted by atomic mass is 32.2. The van der Waals surface area contributed by atoms with Crippen LogP contribution in [-0.4, -0.2) is 32.1 Å². The molecule has 4 rings (SSSR count). The van der Waals surface area contributed by atoms with Gasteiger partial charge in [-0.05, 0) is 55.5 Å². The lowest BCUT2D eigenvalue weighted by Gasteiger charge is -2.27. The van der Waals surface area contributed by atoms with Crippen LogP contribution in [0.2, 0.25) is 0 Å². The molecule has 1 aliphatic rings. The second kappa shape index (κ2) is 8.24. The summed E-state index contributed by atoms with van der Waals surface area (Å²) in [4.78, 5) is 11.9. The molecular weight excluding hydrogens is 400 g/mol. The molecule has 0 saturated heterocycles. The summed E-state index contributed by atoms with van der Waals surface area (Å²) in [6.07, 6.45) is 2.53. The quantitative estimate of drug-likeness (QED) is 0.629. The smallest absolute Gasteiger partial charge is 0.308 e. The van der Waals surface area contributed by atoms with Gasteiger partial charge in [0.05, 0.1) is 17.9 Å². The van der Waals surface area contributed by atoms with Crippen LogP contribution in [0.4, 0.5) is 0 Å². The molecule has 1 aliphatic carbocycles. The molecule has 1 fully saturated rings. The molecule has 0 unspecified atom stereocenters. The van der Waals surface area contributed by atoms with Gasteiger partial charge in [-0.1, -0.05) is 30.3 Å². The van der Waals surface area contributed by atoms with Crippen LogP contribution in [0.5, 0.6) is 0 Å². The molecule has 2 aromatic carbocycles. The normalized spacial score (nSPS) is 19.7. The van der Waals surface area contributed by atoms with E-state index in [1.165, 1.54) is 7.11 Å². The standard InChI is InChI=1S/C23H26N2O4S/c1-25-21-13-12-20(14-18(21)15-22(25)16-6-4-3-5-7-16)30(27,28)24-19-10-8-17(9-11-19)23(26)29-2/h3-7,12-15,17,19,24H,8-11H2,1-2H3. The summed E-state index contributed by atoms with van der Waals surface area (Å²) >= 11 is 0. The maximum atomic E-state index is 13.0. The first kappa shape index (κ1) is 20.6. The summed E-state index contributed by atoms with van der Waals surface area (Å²) in [5.74, 6) is -0.340. The van der Waals surface area contributed by atoms with Crippen molar-refractivity contribution < 1.29 is 17.9 Å². The highest BCUT2D eigenvalue weighted by Crippen LogP contribution is 2.30. The Kier molecular flexibility index (Phi) is 5.66. The average Bonchev–Trinajstić information content (AvgIpc) is 3.10. The van der Waals surface area contributed by atoms with E-state index in [0.29, 0.717) is 25.7 Å². The Labute approximate surface area is 176 Å². The lowest BCUT2D eigenvalue weighted by molar-refractivity contribution is -0.146. The van der Waals surface area contributed by atoms with E-state index in [1.54, 1.807) is 12.1 Å². The zero-order chi connectivity index (χ0) is 21.3.